The Morgan fingerprint density at radius 3 is 2.29 bits per heavy atom. The van der Waals surface area contributed by atoms with Crippen molar-refractivity contribution in [3.8, 4) is 5.75 Å². The number of rotatable bonds is 6. The standard InChI is InChI=1S/C18H24N2O/c1-18(2,15-10-5-4-6-11-15)17(20-19)13-14-9-7-8-12-16(14)21-3/h4-12,17,20H,13,19H2,1-3H3. The molecule has 3 nitrogen and oxygen atoms in total. The van der Waals surface area contributed by atoms with Gasteiger partial charge in [0.25, 0.3) is 0 Å². The highest BCUT2D eigenvalue weighted by Crippen LogP contribution is 2.30. The highest BCUT2D eigenvalue weighted by atomic mass is 16.5. The van der Waals surface area contributed by atoms with Crippen molar-refractivity contribution >= 4 is 0 Å². The van der Waals surface area contributed by atoms with Crippen LogP contribution in [0, 0.1) is 0 Å². The van der Waals surface area contributed by atoms with E-state index in [1.165, 1.54) is 5.56 Å². The van der Waals surface area contributed by atoms with E-state index in [-0.39, 0.29) is 11.5 Å². The maximum absolute atomic E-state index is 5.84. The Morgan fingerprint density at radius 2 is 1.67 bits per heavy atom. The summed E-state index contributed by atoms with van der Waals surface area (Å²) in [6.07, 6.45) is 0.808. The molecular weight excluding hydrogens is 260 g/mol. The molecule has 1 unspecified atom stereocenters. The average molecular weight is 284 g/mol. The van der Waals surface area contributed by atoms with Crippen molar-refractivity contribution in [2.75, 3.05) is 7.11 Å². The topological polar surface area (TPSA) is 47.3 Å². The zero-order valence-electron chi connectivity index (χ0n) is 13.0. The first-order valence-electron chi connectivity index (χ1n) is 7.23. The number of nitrogens with two attached hydrogens (primary N) is 1. The summed E-state index contributed by atoms with van der Waals surface area (Å²) in [7, 11) is 1.70. The number of nitrogens with one attached hydrogen (secondary N) is 1. The van der Waals surface area contributed by atoms with E-state index >= 15 is 0 Å². The van der Waals surface area contributed by atoms with E-state index < -0.39 is 0 Å². The number of methoxy groups -OCH3 is 1. The summed E-state index contributed by atoms with van der Waals surface area (Å²) in [5.41, 5.74) is 5.32. The van der Waals surface area contributed by atoms with Crippen LogP contribution in [0.1, 0.15) is 25.0 Å². The third kappa shape index (κ3) is 3.43. The van der Waals surface area contributed by atoms with Crippen molar-refractivity contribution < 1.29 is 4.74 Å². The van der Waals surface area contributed by atoms with Gasteiger partial charge in [0, 0.05) is 11.5 Å². The molecule has 0 fully saturated rings. The maximum Gasteiger partial charge on any atom is 0.122 e. The smallest absolute Gasteiger partial charge is 0.122 e. The molecule has 3 N–H and O–H groups in total. The highest BCUT2D eigenvalue weighted by Gasteiger charge is 2.31. The SMILES string of the molecule is COc1ccccc1CC(NN)C(C)(C)c1ccccc1. The maximum atomic E-state index is 5.84. The number of hydrogen-bond acceptors (Lipinski definition) is 3. The van der Waals surface area contributed by atoms with Crippen molar-refractivity contribution in [3.63, 3.8) is 0 Å². The lowest BCUT2D eigenvalue weighted by Gasteiger charge is -2.35. The molecule has 1 atom stereocenters. The molecule has 0 bridgehead atoms. The van der Waals surface area contributed by atoms with E-state index in [1.807, 2.05) is 24.3 Å². The van der Waals surface area contributed by atoms with Gasteiger partial charge in [-0.1, -0.05) is 62.4 Å². The minimum atomic E-state index is -0.0864. The van der Waals surface area contributed by atoms with E-state index in [1.54, 1.807) is 7.11 Å². The lowest BCUT2D eigenvalue weighted by Crippen LogP contribution is -2.49. The third-order valence-corrected chi connectivity index (χ3v) is 4.21. The molecule has 0 saturated carbocycles. The van der Waals surface area contributed by atoms with Crippen LogP contribution in [0.15, 0.2) is 54.6 Å². The highest BCUT2D eigenvalue weighted by molar-refractivity contribution is 5.35. The number of benzene rings is 2. The summed E-state index contributed by atoms with van der Waals surface area (Å²) >= 11 is 0. The first kappa shape index (κ1) is 15.5. The summed E-state index contributed by atoms with van der Waals surface area (Å²) in [5.74, 6) is 6.75. The fraction of sp³-hybridized carbons (Fsp3) is 0.333. The predicted octanol–water partition coefficient (Wildman–Crippen LogP) is 3.05. The molecular formula is C18H24N2O. The number of ether oxygens (including phenoxy) is 1. The van der Waals surface area contributed by atoms with Crippen molar-refractivity contribution in [3.05, 3.63) is 65.7 Å². The minimum absolute atomic E-state index is 0.0864. The molecule has 0 aromatic heterocycles. The molecule has 0 heterocycles. The number of hydrogen-bond donors (Lipinski definition) is 2. The Morgan fingerprint density at radius 1 is 1.05 bits per heavy atom. The lowest BCUT2D eigenvalue weighted by atomic mass is 9.75. The van der Waals surface area contributed by atoms with Crippen molar-refractivity contribution in [1.82, 2.24) is 5.43 Å². The van der Waals surface area contributed by atoms with Gasteiger partial charge in [-0.05, 0) is 23.6 Å². The molecule has 0 radical (unpaired) electrons. The van der Waals surface area contributed by atoms with Gasteiger partial charge in [-0.3, -0.25) is 11.3 Å². The quantitative estimate of drug-likeness (QED) is 0.633. The van der Waals surface area contributed by atoms with Crippen LogP contribution in [0.4, 0.5) is 0 Å². The van der Waals surface area contributed by atoms with Gasteiger partial charge in [-0.2, -0.15) is 0 Å². The van der Waals surface area contributed by atoms with Gasteiger partial charge in [0.15, 0.2) is 0 Å². The Labute approximate surface area is 127 Å². The molecule has 112 valence electrons. The first-order valence-corrected chi connectivity index (χ1v) is 7.23. The second kappa shape index (κ2) is 6.74. The number of hydrazine groups is 1. The fourth-order valence-corrected chi connectivity index (χ4v) is 2.68. The molecule has 2 rings (SSSR count). The van der Waals surface area contributed by atoms with Gasteiger partial charge in [0.1, 0.15) is 5.75 Å². The summed E-state index contributed by atoms with van der Waals surface area (Å²) < 4.78 is 5.44. The van der Waals surface area contributed by atoms with Crippen LogP contribution < -0.4 is 16.0 Å². The van der Waals surface area contributed by atoms with Crippen molar-refractivity contribution in [2.45, 2.75) is 31.7 Å². The molecule has 0 amide bonds. The van der Waals surface area contributed by atoms with Crippen LogP contribution in [0.2, 0.25) is 0 Å². The average Bonchev–Trinajstić information content (AvgIpc) is 2.53. The van der Waals surface area contributed by atoms with Gasteiger partial charge < -0.3 is 4.74 Å². The van der Waals surface area contributed by atoms with Crippen LogP contribution in [0.3, 0.4) is 0 Å². The largest absolute Gasteiger partial charge is 0.496 e. The van der Waals surface area contributed by atoms with Crippen molar-refractivity contribution in [1.29, 1.82) is 0 Å². The lowest BCUT2D eigenvalue weighted by molar-refractivity contribution is 0.335. The summed E-state index contributed by atoms with van der Waals surface area (Å²) in [4.78, 5) is 0. The zero-order valence-corrected chi connectivity index (χ0v) is 13.0. The second-order valence-electron chi connectivity index (χ2n) is 5.82. The summed E-state index contributed by atoms with van der Waals surface area (Å²) in [5, 5.41) is 0. The molecule has 0 spiro atoms. The molecule has 0 aliphatic carbocycles. The molecule has 0 aliphatic rings. The van der Waals surface area contributed by atoms with E-state index in [4.69, 9.17) is 10.6 Å². The van der Waals surface area contributed by atoms with Gasteiger partial charge >= 0.3 is 0 Å². The Hall–Kier alpha value is -1.84. The molecule has 2 aromatic rings. The molecule has 2 aromatic carbocycles. The second-order valence-corrected chi connectivity index (χ2v) is 5.82. The van der Waals surface area contributed by atoms with Crippen LogP contribution in [-0.4, -0.2) is 13.2 Å². The Balaban J connectivity index is 2.27. The number of para-hydroxylation sites is 1. The molecule has 0 saturated heterocycles. The van der Waals surface area contributed by atoms with Crippen LogP contribution in [-0.2, 0) is 11.8 Å². The van der Waals surface area contributed by atoms with E-state index in [9.17, 15) is 0 Å². The normalized spacial score (nSPS) is 13.0. The van der Waals surface area contributed by atoms with Gasteiger partial charge in [0.05, 0.1) is 7.11 Å². The van der Waals surface area contributed by atoms with Crippen LogP contribution in [0.5, 0.6) is 5.75 Å². The molecule has 0 aliphatic heterocycles. The zero-order chi connectivity index (χ0) is 15.3. The predicted molar refractivity (Wildman–Crippen MR) is 87.3 cm³/mol. The van der Waals surface area contributed by atoms with Gasteiger partial charge in [0.2, 0.25) is 0 Å². The fourth-order valence-electron chi connectivity index (χ4n) is 2.68. The Kier molecular flexibility index (Phi) is 4.99. The summed E-state index contributed by atoms with van der Waals surface area (Å²) in [6.45, 7) is 4.42. The van der Waals surface area contributed by atoms with E-state index in [0.717, 1.165) is 17.7 Å². The van der Waals surface area contributed by atoms with Crippen molar-refractivity contribution in [2.24, 2.45) is 5.84 Å². The first-order chi connectivity index (χ1) is 10.1. The molecule has 3 heteroatoms. The monoisotopic (exact) mass is 284 g/mol. The Bertz CT molecular complexity index is 566. The minimum Gasteiger partial charge on any atom is -0.496 e. The van der Waals surface area contributed by atoms with E-state index in [0.29, 0.717) is 0 Å². The van der Waals surface area contributed by atoms with Crippen LogP contribution >= 0.6 is 0 Å². The van der Waals surface area contributed by atoms with Gasteiger partial charge in [-0.25, -0.2) is 0 Å². The summed E-state index contributed by atoms with van der Waals surface area (Å²) in [6, 6.07) is 18.6. The van der Waals surface area contributed by atoms with E-state index in [2.05, 4.69) is 49.6 Å². The third-order valence-electron chi connectivity index (χ3n) is 4.21. The molecule has 21 heavy (non-hydrogen) atoms. The van der Waals surface area contributed by atoms with Gasteiger partial charge in [-0.15, -0.1) is 0 Å². The van der Waals surface area contributed by atoms with Crippen LogP contribution in [0.25, 0.3) is 0 Å².